The topological polar surface area (TPSA) is 101 Å². The Morgan fingerprint density at radius 1 is 1.14 bits per heavy atom. The van der Waals surface area contributed by atoms with E-state index < -0.39 is 6.04 Å². The molecule has 0 saturated heterocycles. The lowest BCUT2D eigenvalue weighted by Crippen LogP contribution is -2.91. The zero-order valence-corrected chi connectivity index (χ0v) is 16.5. The molecule has 0 spiro atoms. The summed E-state index contributed by atoms with van der Waals surface area (Å²) in [7, 11) is 0. The Morgan fingerprint density at radius 3 is 2.46 bits per heavy atom. The molecule has 0 radical (unpaired) electrons. The van der Waals surface area contributed by atoms with Crippen LogP contribution in [0.5, 0.6) is 0 Å². The molecule has 0 aliphatic rings. The number of nitrogens with two attached hydrogens (primary N) is 1. The molecule has 0 bridgehead atoms. The van der Waals surface area contributed by atoms with E-state index in [4.69, 9.17) is 17.0 Å². The Bertz CT molecular complexity index is 973. The largest absolute Gasteiger partial charge is 0.363 e. The molecule has 2 amide bonds. The Labute approximate surface area is 170 Å². The summed E-state index contributed by atoms with van der Waals surface area (Å²) in [5.41, 5.74) is 1.68. The van der Waals surface area contributed by atoms with Crippen molar-refractivity contribution < 1.29 is 19.6 Å². The second-order valence-electron chi connectivity index (χ2n) is 5.91. The third kappa shape index (κ3) is 5.89. The van der Waals surface area contributed by atoms with Crippen molar-refractivity contribution in [2.24, 2.45) is 0 Å². The second-order valence-corrected chi connectivity index (χ2v) is 7.57. The molecular weight excluding hydrogens is 396 g/mol. The van der Waals surface area contributed by atoms with Crippen molar-refractivity contribution >= 4 is 40.5 Å². The summed E-state index contributed by atoms with van der Waals surface area (Å²) >= 11 is 6.13. The quantitative estimate of drug-likeness (QED) is 0.490. The first kappa shape index (κ1) is 20.0. The fourth-order valence-electron chi connectivity index (χ4n) is 2.53. The number of hydrogen-bond donors (Lipinski definition) is 3. The molecule has 1 atom stereocenters. The number of amides is 2. The van der Waals surface area contributed by atoms with Crippen LogP contribution < -0.4 is 10.6 Å². The summed E-state index contributed by atoms with van der Waals surface area (Å²) < 4.78 is 5.94. The van der Waals surface area contributed by atoms with E-state index >= 15 is 0 Å². The number of nitrogens with one attached hydrogen (secondary N) is 2. The number of carbonyl (C=O) groups is 2. The van der Waals surface area contributed by atoms with Crippen LogP contribution in [0.1, 0.15) is 17.2 Å². The highest BCUT2D eigenvalue weighted by atomic mass is 32.1. The molecular formula is C19H19N4O3S2+. The maximum Gasteiger partial charge on any atom is 0.337 e. The fraction of sp³-hybridized carbons (Fsp3) is 0.158. The number of anilines is 1. The van der Waals surface area contributed by atoms with E-state index in [1.54, 1.807) is 12.1 Å². The van der Waals surface area contributed by atoms with E-state index in [2.05, 4.69) is 15.5 Å². The van der Waals surface area contributed by atoms with Crippen molar-refractivity contribution in [3.63, 3.8) is 0 Å². The van der Waals surface area contributed by atoms with Gasteiger partial charge in [-0.1, -0.05) is 72.0 Å². The summed E-state index contributed by atoms with van der Waals surface area (Å²) in [5, 5.41) is 11.0. The number of primary amides is 1. The molecule has 0 saturated carbocycles. The van der Waals surface area contributed by atoms with E-state index in [0.717, 1.165) is 16.9 Å². The van der Waals surface area contributed by atoms with Gasteiger partial charge in [0.05, 0.1) is 6.61 Å². The fourth-order valence-corrected chi connectivity index (χ4v) is 3.32. The lowest BCUT2D eigenvalue weighted by atomic mass is 10.1. The normalized spacial score (nSPS) is 11.7. The Hall–Kier alpha value is -2.72. The molecule has 1 heterocycles. The first-order valence-electron chi connectivity index (χ1n) is 8.52. The molecule has 2 aromatic carbocycles. The molecule has 0 fully saturated rings. The molecule has 3 rings (SSSR count). The first-order valence-corrected chi connectivity index (χ1v) is 9.75. The Kier molecular flexibility index (Phi) is 7.15. The molecule has 1 unspecified atom stereocenters. The standard InChI is InChI=1S/C19H18N4O3S2/c24-15(12-26-11-13-7-3-1-4-8-13)20-16(14-9-5-2-6-10-14)17(25)21-18-22-23-19(27)28-18/h1-10,16H,11-12H2,(H,20,24)(H,23,27)(H,21,22,25)/p+1. The van der Waals surface area contributed by atoms with Crippen LogP contribution >= 0.6 is 23.6 Å². The third-order valence-corrected chi connectivity index (χ3v) is 4.82. The summed E-state index contributed by atoms with van der Waals surface area (Å²) in [6.07, 6.45) is 0. The summed E-state index contributed by atoms with van der Waals surface area (Å²) in [6.45, 7) is 0.228. The van der Waals surface area contributed by atoms with Gasteiger partial charge in [-0.25, -0.2) is 4.79 Å². The second kappa shape index (κ2) is 10.00. The number of rotatable bonds is 8. The number of nitrogens with zero attached hydrogens (tertiary/aromatic N) is 1. The number of aromatic amines is 1. The van der Waals surface area contributed by atoms with Gasteiger partial charge in [-0.15, -0.1) is 5.10 Å². The van der Waals surface area contributed by atoms with Gasteiger partial charge in [-0.05, 0) is 17.8 Å². The molecule has 4 N–H and O–H groups in total. The average Bonchev–Trinajstić information content (AvgIpc) is 3.12. The zero-order valence-electron chi connectivity index (χ0n) is 14.8. The molecule has 7 nitrogen and oxygen atoms in total. The smallest absolute Gasteiger partial charge is 0.337 e. The van der Waals surface area contributed by atoms with Gasteiger partial charge in [0, 0.05) is 5.56 Å². The van der Waals surface area contributed by atoms with Gasteiger partial charge in [0.1, 0.15) is 0 Å². The van der Waals surface area contributed by atoms with Crippen LogP contribution in [0.3, 0.4) is 0 Å². The van der Waals surface area contributed by atoms with Crippen LogP contribution in [0, 0.1) is 3.95 Å². The highest BCUT2D eigenvalue weighted by Crippen LogP contribution is 2.15. The van der Waals surface area contributed by atoms with E-state index in [1.807, 2.05) is 48.5 Å². The van der Waals surface area contributed by atoms with Crippen LogP contribution in [0.15, 0.2) is 60.7 Å². The highest BCUT2D eigenvalue weighted by molar-refractivity contribution is 7.73. The van der Waals surface area contributed by atoms with Crippen molar-refractivity contribution in [2.75, 3.05) is 11.9 Å². The number of ether oxygens (including phenoxy) is 1. The Morgan fingerprint density at radius 2 is 1.82 bits per heavy atom. The number of H-pyrrole nitrogens is 1. The van der Waals surface area contributed by atoms with Gasteiger partial charge in [0.2, 0.25) is 5.13 Å². The van der Waals surface area contributed by atoms with E-state index in [1.165, 1.54) is 5.32 Å². The van der Waals surface area contributed by atoms with Crippen molar-refractivity contribution in [1.29, 1.82) is 0 Å². The van der Waals surface area contributed by atoms with Gasteiger partial charge in [-0.3, -0.25) is 20.5 Å². The molecule has 3 aromatic rings. The number of aromatic nitrogens is 2. The van der Waals surface area contributed by atoms with Crippen molar-refractivity contribution in [3.05, 3.63) is 75.7 Å². The predicted molar refractivity (Wildman–Crippen MR) is 108 cm³/mol. The van der Waals surface area contributed by atoms with Gasteiger partial charge in [0.15, 0.2) is 16.6 Å². The van der Waals surface area contributed by atoms with E-state index in [-0.39, 0.29) is 18.4 Å². The molecule has 144 valence electrons. The van der Waals surface area contributed by atoms with Crippen LogP contribution in [-0.2, 0) is 20.9 Å². The Balaban J connectivity index is 1.62. The van der Waals surface area contributed by atoms with E-state index in [9.17, 15) is 9.59 Å². The van der Waals surface area contributed by atoms with Crippen LogP contribution in [0.4, 0.5) is 5.13 Å². The SMILES string of the molecule is O=C(COCc1ccccc1)[NH2+]C(C(=O)Nc1n[nH]c(=S)s1)c1ccccc1. The minimum absolute atomic E-state index is 0.104. The number of quaternary nitrogens is 1. The minimum atomic E-state index is -0.758. The lowest BCUT2D eigenvalue weighted by molar-refractivity contribution is -0.599. The van der Waals surface area contributed by atoms with Gasteiger partial charge in [-0.2, -0.15) is 0 Å². The monoisotopic (exact) mass is 415 g/mol. The van der Waals surface area contributed by atoms with Crippen molar-refractivity contribution in [1.82, 2.24) is 10.2 Å². The molecule has 9 heteroatoms. The molecule has 28 heavy (non-hydrogen) atoms. The summed E-state index contributed by atoms with van der Waals surface area (Å²) in [6, 6.07) is 17.9. The average molecular weight is 416 g/mol. The van der Waals surface area contributed by atoms with Gasteiger partial charge >= 0.3 is 5.91 Å². The van der Waals surface area contributed by atoms with Crippen molar-refractivity contribution in [3.8, 4) is 0 Å². The van der Waals surface area contributed by atoms with Gasteiger partial charge < -0.3 is 4.74 Å². The maximum atomic E-state index is 12.7. The first-order chi connectivity index (χ1) is 13.6. The molecule has 0 aliphatic heterocycles. The predicted octanol–water partition coefficient (Wildman–Crippen LogP) is 2.19. The number of hydrogen-bond acceptors (Lipinski definition) is 6. The van der Waals surface area contributed by atoms with Gasteiger partial charge in [0.25, 0.3) is 5.91 Å². The van der Waals surface area contributed by atoms with Crippen LogP contribution in [0.2, 0.25) is 0 Å². The van der Waals surface area contributed by atoms with Crippen LogP contribution in [-0.4, -0.2) is 28.6 Å². The maximum absolute atomic E-state index is 12.7. The summed E-state index contributed by atoms with van der Waals surface area (Å²) in [4.78, 5) is 25.1. The number of benzene rings is 2. The number of carbonyl (C=O) groups excluding carboxylic acids is 2. The van der Waals surface area contributed by atoms with E-state index in [0.29, 0.717) is 21.3 Å². The van der Waals surface area contributed by atoms with Crippen molar-refractivity contribution in [2.45, 2.75) is 12.6 Å². The lowest BCUT2D eigenvalue weighted by Gasteiger charge is -2.14. The third-order valence-electron chi connectivity index (χ3n) is 3.82. The summed E-state index contributed by atoms with van der Waals surface area (Å²) in [5.74, 6) is -0.630. The van der Waals surface area contributed by atoms with Crippen LogP contribution in [0.25, 0.3) is 0 Å². The zero-order chi connectivity index (χ0) is 19.8. The highest BCUT2D eigenvalue weighted by Gasteiger charge is 2.28. The molecule has 0 aliphatic carbocycles. The minimum Gasteiger partial charge on any atom is -0.363 e. The molecule has 1 aromatic heterocycles.